The average Bonchev–Trinajstić information content (AvgIpc) is 2.87. The van der Waals surface area contributed by atoms with E-state index >= 15 is 0 Å². The van der Waals surface area contributed by atoms with Crippen molar-refractivity contribution in [3.63, 3.8) is 0 Å². The van der Waals surface area contributed by atoms with Crippen LogP contribution in [0, 0.1) is 10.5 Å². The van der Waals surface area contributed by atoms with Gasteiger partial charge >= 0.3 is 5.97 Å². The third-order valence-corrected chi connectivity index (χ3v) is 5.51. The highest BCUT2D eigenvalue weighted by Crippen LogP contribution is 2.21. The summed E-state index contributed by atoms with van der Waals surface area (Å²) in [5, 5.41) is 0. The van der Waals surface area contributed by atoms with Crippen LogP contribution in [-0.2, 0) is 19.6 Å². The van der Waals surface area contributed by atoms with Crippen molar-refractivity contribution in [2.45, 2.75) is 11.8 Å². The number of ether oxygens (including phenoxy) is 1. The fourth-order valence-electron chi connectivity index (χ4n) is 1.74. The van der Waals surface area contributed by atoms with Crippen molar-refractivity contribution in [1.29, 1.82) is 0 Å². The van der Waals surface area contributed by atoms with Gasteiger partial charge in [0.05, 0.1) is 12.0 Å². The molecule has 0 fully saturated rings. The number of methoxy groups -OCH3 is 1. The Morgan fingerprint density at radius 2 is 1.86 bits per heavy atom. The van der Waals surface area contributed by atoms with Gasteiger partial charge < -0.3 is 4.74 Å². The summed E-state index contributed by atoms with van der Waals surface area (Å²) < 4.78 is 31.5. The Kier molecular flexibility index (Phi) is 5.07. The summed E-state index contributed by atoms with van der Waals surface area (Å²) in [6.45, 7) is 1.89. The molecule has 0 aliphatic rings. The quantitative estimate of drug-likeness (QED) is 0.425. The Balaban J connectivity index is 2.39. The van der Waals surface area contributed by atoms with E-state index in [2.05, 4.69) is 4.74 Å². The number of aryl methyl sites for hydroxylation is 1. The molecule has 0 bridgehead atoms. The van der Waals surface area contributed by atoms with Crippen molar-refractivity contribution in [3.05, 3.63) is 57.4 Å². The molecule has 1 heterocycles. The molecule has 1 aromatic heterocycles. The van der Waals surface area contributed by atoms with E-state index in [0.717, 1.165) is 9.54 Å². The number of carbonyl (C=O) groups excluding carboxylic acids is 1. The first-order valence-corrected chi connectivity index (χ1v) is 8.82. The Hall–Kier alpha value is -1.61. The standard InChI is InChI=1S/C15H14INO4S/c1-11-3-6-13(7-4-11)22(19,20)17-9-12(14(16)10-17)5-8-15(18)21-2/h3-10H,1-2H3/b8-5+. The fraction of sp³-hybridized carbons (Fsp3) is 0.133. The summed E-state index contributed by atoms with van der Waals surface area (Å²) in [4.78, 5) is 11.3. The number of rotatable bonds is 4. The van der Waals surface area contributed by atoms with Crippen LogP contribution in [0.15, 0.2) is 47.6 Å². The maximum Gasteiger partial charge on any atom is 0.330 e. The number of esters is 1. The summed E-state index contributed by atoms with van der Waals surface area (Å²) in [7, 11) is -2.36. The van der Waals surface area contributed by atoms with Gasteiger partial charge in [0.1, 0.15) is 0 Å². The minimum atomic E-state index is -3.64. The van der Waals surface area contributed by atoms with Crippen molar-refractivity contribution in [3.8, 4) is 0 Å². The van der Waals surface area contributed by atoms with Crippen LogP contribution in [0.1, 0.15) is 11.1 Å². The Labute approximate surface area is 142 Å². The SMILES string of the molecule is COC(=O)/C=C/c1cn(S(=O)(=O)c2ccc(C)cc2)cc1I. The lowest BCUT2D eigenvalue weighted by atomic mass is 10.2. The smallest absolute Gasteiger partial charge is 0.330 e. The molecule has 116 valence electrons. The Morgan fingerprint density at radius 3 is 2.45 bits per heavy atom. The van der Waals surface area contributed by atoms with Gasteiger partial charge in [-0.25, -0.2) is 17.2 Å². The van der Waals surface area contributed by atoms with Crippen LogP contribution in [0.5, 0.6) is 0 Å². The highest BCUT2D eigenvalue weighted by molar-refractivity contribution is 14.1. The molecule has 22 heavy (non-hydrogen) atoms. The molecule has 0 aliphatic heterocycles. The van der Waals surface area contributed by atoms with E-state index in [1.807, 2.05) is 29.5 Å². The van der Waals surface area contributed by atoms with Crippen molar-refractivity contribution >= 4 is 44.7 Å². The lowest BCUT2D eigenvalue weighted by Crippen LogP contribution is -2.10. The van der Waals surface area contributed by atoms with Gasteiger partial charge in [0.2, 0.25) is 0 Å². The highest BCUT2D eigenvalue weighted by Gasteiger charge is 2.17. The minimum Gasteiger partial charge on any atom is -0.466 e. The molecular weight excluding hydrogens is 417 g/mol. The molecule has 0 saturated heterocycles. The maximum atomic E-state index is 12.5. The van der Waals surface area contributed by atoms with Crippen LogP contribution in [0.25, 0.3) is 6.08 Å². The highest BCUT2D eigenvalue weighted by atomic mass is 127. The summed E-state index contributed by atoms with van der Waals surface area (Å²) in [5.74, 6) is -0.495. The molecular formula is C15H14INO4S. The van der Waals surface area contributed by atoms with E-state index in [4.69, 9.17) is 0 Å². The number of aromatic nitrogens is 1. The minimum absolute atomic E-state index is 0.216. The second kappa shape index (κ2) is 6.66. The van der Waals surface area contributed by atoms with Crippen LogP contribution in [0.3, 0.4) is 0 Å². The molecule has 0 spiro atoms. The lowest BCUT2D eigenvalue weighted by molar-refractivity contribution is -0.134. The summed E-state index contributed by atoms with van der Waals surface area (Å²) in [6.07, 6.45) is 5.75. The monoisotopic (exact) mass is 431 g/mol. The molecule has 0 radical (unpaired) electrons. The molecule has 1 aromatic carbocycles. The number of hydrogen-bond acceptors (Lipinski definition) is 4. The van der Waals surface area contributed by atoms with Crippen molar-refractivity contribution < 1.29 is 17.9 Å². The summed E-state index contributed by atoms with van der Waals surface area (Å²) in [6, 6.07) is 6.64. The van der Waals surface area contributed by atoms with Crippen molar-refractivity contribution in [2.75, 3.05) is 7.11 Å². The summed E-state index contributed by atoms with van der Waals surface area (Å²) >= 11 is 2.02. The number of benzene rings is 1. The molecule has 2 aromatic rings. The zero-order chi connectivity index (χ0) is 16.3. The normalized spacial score (nSPS) is 11.8. The van der Waals surface area contributed by atoms with Crippen LogP contribution >= 0.6 is 22.6 Å². The lowest BCUT2D eigenvalue weighted by Gasteiger charge is -2.05. The molecule has 0 aliphatic carbocycles. The largest absolute Gasteiger partial charge is 0.466 e. The van der Waals surface area contributed by atoms with Crippen molar-refractivity contribution in [1.82, 2.24) is 3.97 Å². The molecule has 2 rings (SSSR count). The third-order valence-electron chi connectivity index (χ3n) is 2.98. The molecule has 0 saturated carbocycles. The molecule has 0 N–H and O–H groups in total. The molecule has 5 nitrogen and oxygen atoms in total. The van der Waals surface area contributed by atoms with E-state index in [9.17, 15) is 13.2 Å². The third kappa shape index (κ3) is 3.58. The fourth-order valence-corrected chi connectivity index (χ4v) is 3.77. The average molecular weight is 431 g/mol. The van der Waals surface area contributed by atoms with E-state index in [1.54, 1.807) is 24.3 Å². The maximum absolute atomic E-state index is 12.5. The number of nitrogens with zero attached hydrogens (tertiary/aromatic N) is 1. The van der Waals surface area contributed by atoms with E-state index in [-0.39, 0.29) is 4.90 Å². The van der Waals surface area contributed by atoms with Gasteiger partial charge in [-0.3, -0.25) is 0 Å². The predicted molar refractivity (Wildman–Crippen MR) is 92.0 cm³/mol. The number of carbonyl (C=O) groups is 1. The Bertz CT molecular complexity index is 820. The first-order chi connectivity index (χ1) is 10.3. The second-order valence-corrected chi connectivity index (χ2v) is 7.57. The van der Waals surface area contributed by atoms with E-state index in [1.165, 1.54) is 31.7 Å². The number of halogens is 1. The topological polar surface area (TPSA) is 65.4 Å². The number of hydrogen-bond donors (Lipinski definition) is 0. The Morgan fingerprint density at radius 1 is 1.23 bits per heavy atom. The molecule has 7 heteroatoms. The zero-order valence-corrected chi connectivity index (χ0v) is 15.0. The van der Waals surface area contributed by atoms with Gasteiger partial charge in [-0.2, -0.15) is 0 Å². The molecule has 0 amide bonds. The zero-order valence-electron chi connectivity index (χ0n) is 12.0. The van der Waals surface area contributed by atoms with Gasteiger partial charge in [0, 0.05) is 27.6 Å². The van der Waals surface area contributed by atoms with Crippen LogP contribution in [-0.4, -0.2) is 25.5 Å². The van der Waals surface area contributed by atoms with Crippen LogP contribution in [0.4, 0.5) is 0 Å². The molecule has 0 unspecified atom stereocenters. The van der Waals surface area contributed by atoms with Gasteiger partial charge in [-0.1, -0.05) is 17.7 Å². The van der Waals surface area contributed by atoms with E-state index < -0.39 is 16.0 Å². The summed E-state index contributed by atoms with van der Waals surface area (Å²) in [5.41, 5.74) is 1.62. The van der Waals surface area contributed by atoms with Crippen molar-refractivity contribution in [2.24, 2.45) is 0 Å². The van der Waals surface area contributed by atoms with Gasteiger partial charge in [-0.05, 0) is 47.7 Å². The van der Waals surface area contributed by atoms with Crippen LogP contribution < -0.4 is 0 Å². The van der Waals surface area contributed by atoms with Crippen LogP contribution in [0.2, 0.25) is 0 Å². The van der Waals surface area contributed by atoms with Gasteiger partial charge in [0.25, 0.3) is 10.0 Å². The molecule has 0 atom stereocenters. The second-order valence-electron chi connectivity index (χ2n) is 4.57. The van der Waals surface area contributed by atoms with Gasteiger partial charge in [-0.15, -0.1) is 0 Å². The predicted octanol–water partition coefficient (Wildman–Crippen LogP) is 2.82. The first kappa shape index (κ1) is 16.8. The van der Waals surface area contributed by atoms with Gasteiger partial charge in [0.15, 0.2) is 0 Å². The van der Waals surface area contributed by atoms with E-state index in [0.29, 0.717) is 9.13 Å². The first-order valence-electron chi connectivity index (χ1n) is 6.30.